The molecular weight excluding hydrogens is 188 g/mol. The topological polar surface area (TPSA) is 82.5 Å². The summed E-state index contributed by atoms with van der Waals surface area (Å²) >= 11 is 0. The second-order valence-corrected chi connectivity index (χ2v) is 3.59. The van der Waals surface area contributed by atoms with E-state index in [1.54, 1.807) is 0 Å². The minimum atomic E-state index is -0.922. The van der Waals surface area contributed by atoms with Crippen LogP contribution in [-0.2, 0) is 9.47 Å². The average molecular weight is 206 g/mol. The fourth-order valence-electron chi connectivity index (χ4n) is 1.21. The van der Waals surface area contributed by atoms with Crippen molar-refractivity contribution in [2.24, 2.45) is 0 Å². The van der Waals surface area contributed by atoms with E-state index >= 15 is 0 Å². The maximum absolute atomic E-state index is 9.13. The Bertz CT molecular complexity index is 153. The molecule has 3 N–H and O–H groups in total. The molecule has 0 saturated carbocycles. The molecule has 0 spiro atoms. The largest absolute Gasteiger partial charge is 0.396 e. The summed E-state index contributed by atoms with van der Waals surface area (Å²) in [6.45, 7) is 0.636. The Hall–Kier alpha value is -0.200. The van der Waals surface area contributed by atoms with E-state index in [9.17, 15) is 0 Å². The van der Waals surface area contributed by atoms with E-state index in [1.807, 2.05) is 0 Å². The van der Waals surface area contributed by atoms with Gasteiger partial charge in [0.05, 0.1) is 26.4 Å². The van der Waals surface area contributed by atoms with Gasteiger partial charge in [-0.3, -0.25) is 0 Å². The van der Waals surface area contributed by atoms with Gasteiger partial charge in [-0.05, 0) is 12.8 Å². The highest BCUT2D eigenvalue weighted by Gasteiger charge is 2.33. The summed E-state index contributed by atoms with van der Waals surface area (Å²) in [6.07, 6.45) is 1.07. The van der Waals surface area contributed by atoms with Crippen LogP contribution >= 0.6 is 0 Å². The van der Waals surface area contributed by atoms with Gasteiger partial charge in [0.2, 0.25) is 0 Å². The number of aliphatic hydroxyl groups excluding tert-OH is 3. The van der Waals surface area contributed by atoms with E-state index in [2.05, 4.69) is 0 Å². The smallest absolute Gasteiger partial charge is 0.114 e. The molecule has 0 aliphatic carbocycles. The molecule has 1 aliphatic heterocycles. The van der Waals surface area contributed by atoms with Crippen LogP contribution < -0.4 is 0 Å². The fourth-order valence-corrected chi connectivity index (χ4v) is 1.21. The van der Waals surface area contributed by atoms with Crippen molar-refractivity contribution < 1.29 is 24.8 Å². The number of rotatable bonds is 8. The summed E-state index contributed by atoms with van der Waals surface area (Å²) < 4.78 is 10.4. The number of hydrogen-bond acceptors (Lipinski definition) is 5. The summed E-state index contributed by atoms with van der Waals surface area (Å²) in [5, 5.41) is 26.9. The summed E-state index contributed by atoms with van der Waals surface area (Å²) in [5.74, 6) is 0. The molecule has 1 rings (SSSR count). The number of epoxide rings is 1. The van der Waals surface area contributed by atoms with Crippen molar-refractivity contribution in [3.05, 3.63) is 0 Å². The first-order chi connectivity index (χ1) is 6.76. The van der Waals surface area contributed by atoms with Crippen molar-refractivity contribution in [3.63, 3.8) is 0 Å². The minimum Gasteiger partial charge on any atom is -0.396 e. The van der Waals surface area contributed by atoms with E-state index in [0.717, 1.165) is 0 Å². The van der Waals surface area contributed by atoms with Gasteiger partial charge in [0, 0.05) is 6.61 Å². The molecule has 5 nitrogen and oxygen atoms in total. The van der Waals surface area contributed by atoms with E-state index in [1.165, 1.54) is 0 Å². The lowest BCUT2D eigenvalue weighted by atomic mass is 10.00. The highest BCUT2D eigenvalue weighted by molar-refractivity contribution is 4.81. The van der Waals surface area contributed by atoms with E-state index in [4.69, 9.17) is 24.8 Å². The van der Waals surface area contributed by atoms with Crippen LogP contribution in [0.1, 0.15) is 12.8 Å². The van der Waals surface area contributed by atoms with Gasteiger partial charge in [0.1, 0.15) is 11.7 Å². The Balaban J connectivity index is 2.31. The van der Waals surface area contributed by atoms with E-state index in [0.29, 0.717) is 26.1 Å². The first-order valence-electron chi connectivity index (χ1n) is 4.84. The van der Waals surface area contributed by atoms with Crippen molar-refractivity contribution >= 4 is 0 Å². The molecule has 1 aliphatic rings. The molecule has 0 amide bonds. The van der Waals surface area contributed by atoms with Crippen LogP contribution in [0.5, 0.6) is 0 Å². The van der Waals surface area contributed by atoms with Gasteiger partial charge in [-0.1, -0.05) is 0 Å². The first-order valence-corrected chi connectivity index (χ1v) is 4.84. The zero-order chi connectivity index (χ0) is 10.4. The third kappa shape index (κ3) is 3.51. The lowest BCUT2D eigenvalue weighted by Gasteiger charge is -2.29. The Kier molecular flexibility index (Phi) is 4.77. The van der Waals surface area contributed by atoms with Crippen LogP contribution in [0.3, 0.4) is 0 Å². The molecule has 0 radical (unpaired) electrons. The first kappa shape index (κ1) is 11.9. The molecule has 0 aromatic carbocycles. The van der Waals surface area contributed by atoms with Crippen LogP contribution in [-0.4, -0.2) is 60.1 Å². The minimum absolute atomic E-state index is 0.0328. The number of ether oxygens (including phenoxy) is 2. The zero-order valence-electron chi connectivity index (χ0n) is 8.19. The summed E-state index contributed by atoms with van der Waals surface area (Å²) in [7, 11) is 0. The molecule has 1 unspecified atom stereocenters. The van der Waals surface area contributed by atoms with Crippen LogP contribution in [0.25, 0.3) is 0 Å². The van der Waals surface area contributed by atoms with Gasteiger partial charge < -0.3 is 24.8 Å². The predicted molar refractivity (Wildman–Crippen MR) is 48.9 cm³/mol. The molecule has 1 saturated heterocycles. The maximum Gasteiger partial charge on any atom is 0.114 e. The Morgan fingerprint density at radius 3 is 2.36 bits per heavy atom. The number of aliphatic hydroxyl groups is 3. The number of hydrogen-bond donors (Lipinski definition) is 3. The molecule has 0 aromatic rings. The van der Waals surface area contributed by atoms with Gasteiger partial charge >= 0.3 is 0 Å². The van der Waals surface area contributed by atoms with Gasteiger partial charge in [-0.15, -0.1) is 0 Å². The fraction of sp³-hybridized carbons (Fsp3) is 1.00. The molecule has 84 valence electrons. The van der Waals surface area contributed by atoms with Crippen molar-refractivity contribution in [3.8, 4) is 0 Å². The van der Waals surface area contributed by atoms with Crippen LogP contribution in [0.15, 0.2) is 0 Å². The Labute approximate surface area is 83.3 Å². The molecule has 0 aromatic heterocycles. The van der Waals surface area contributed by atoms with E-state index in [-0.39, 0.29) is 25.9 Å². The van der Waals surface area contributed by atoms with Gasteiger partial charge in [-0.2, -0.15) is 0 Å². The van der Waals surface area contributed by atoms with Crippen molar-refractivity contribution in [2.75, 3.05) is 33.0 Å². The van der Waals surface area contributed by atoms with E-state index < -0.39 is 5.60 Å². The quantitative estimate of drug-likeness (QED) is 0.439. The van der Waals surface area contributed by atoms with Gasteiger partial charge in [0.25, 0.3) is 0 Å². The Morgan fingerprint density at radius 2 is 1.93 bits per heavy atom. The molecule has 1 fully saturated rings. The van der Waals surface area contributed by atoms with Crippen LogP contribution in [0.2, 0.25) is 0 Å². The molecule has 1 heterocycles. The highest BCUT2D eigenvalue weighted by Crippen LogP contribution is 2.20. The van der Waals surface area contributed by atoms with Crippen molar-refractivity contribution in [1.82, 2.24) is 0 Å². The Morgan fingerprint density at radius 1 is 1.29 bits per heavy atom. The van der Waals surface area contributed by atoms with Crippen LogP contribution in [0, 0.1) is 0 Å². The lowest BCUT2D eigenvalue weighted by Crippen LogP contribution is -2.42. The zero-order valence-corrected chi connectivity index (χ0v) is 8.19. The molecule has 0 bridgehead atoms. The van der Waals surface area contributed by atoms with Crippen LogP contribution in [0.4, 0.5) is 0 Å². The maximum atomic E-state index is 9.13. The summed E-state index contributed by atoms with van der Waals surface area (Å²) in [5.41, 5.74) is -0.922. The van der Waals surface area contributed by atoms with Crippen molar-refractivity contribution in [1.29, 1.82) is 0 Å². The van der Waals surface area contributed by atoms with Gasteiger partial charge in [0.15, 0.2) is 0 Å². The van der Waals surface area contributed by atoms with Gasteiger partial charge in [-0.25, -0.2) is 0 Å². The molecule has 1 atom stereocenters. The second-order valence-electron chi connectivity index (χ2n) is 3.59. The monoisotopic (exact) mass is 206 g/mol. The molecular formula is C9H18O5. The predicted octanol–water partition coefficient (Wildman–Crippen LogP) is -1.10. The third-order valence-electron chi connectivity index (χ3n) is 2.34. The molecule has 14 heavy (non-hydrogen) atoms. The summed E-state index contributed by atoms with van der Waals surface area (Å²) in [6, 6.07) is 0. The highest BCUT2D eigenvalue weighted by atomic mass is 16.6. The normalized spacial score (nSPS) is 21.2. The SMILES string of the molecule is OCCCC(CO)(CO)OCC1CO1. The van der Waals surface area contributed by atoms with Crippen molar-refractivity contribution in [2.45, 2.75) is 24.5 Å². The lowest BCUT2D eigenvalue weighted by molar-refractivity contribution is -0.118. The second kappa shape index (κ2) is 5.63. The summed E-state index contributed by atoms with van der Waals surface area (Å²) in [4.78, 5) is 0. The average Bonchev–Trinajstić information content (AvgIpc) is 3.03. The third-order valence-corrected chi connectivity index (χ3v) is 2.34. The molecule has 5 heteroatoms. The standard InChI is InChI=1S/C9H18O5/c10-3-1-2-9(6-11,7-12)14-5-8-4-13-8/h8,10-12H,1-7H2.